The molecule has 0 bridgehead atoms. The van der Waals surface area contributed by atoms with Gasteiger partial charge in [0.15, 0.2) is 0 Å². The molecule has 1 amide bonds. The molecular formula is C18H18FN5O. The Morgan fingerprint density at radius 2 is 2.24 bits per heavy atom. The quantitative estimate of drug-likeness (QED) is 0.780. The van der Waals surface area contributed by atoms with Gasteiger partial charge in [0, 0.05) is 30.8 Å². The predicted molar refractivity (Wildman–Crippen MR) is 88.3 cm³/mol. The van der Waals surface area contributed by atoms with Crippen LogP contribution in [0.3, 0.4) is 0 Å². The van der Waals surface area contributed by atoms with Gasteiger partial charge in [-0.1, -0.05) is 6.42 Å². The number of halogens is 1. The van der Waals surface area contributed by atoms with Crippen LogP contribution in [0, 0.1) is 11.7 Å². The molecule has 1 N–H and O–H groups in total. The van der Waals surface area contributed by atoms with E-state index in [0.29, 0.717) is 17.8 Å². The highest BCUT2D eigenvalue weighted by molar-refractivity contribution is 5.81. The van der Waals surface area contributed by atoms with Crippen molar-refractivity contribution < 1.29 is 9.18 Å². The maximum atomic E-state index is 14.1. The summed E-state index contributed by atoms with van der Waals surface area (Å²) in [6, 6.07) is 4.41. The van der Waals surface area contributed by atoms with Crippen LogP contribution in [0.15, 0.2) is 30.7 Å². The number of imidazole rings is 1. The Bertz CT molecular complexity index is 957. The summed E-state index contributed by atoms with van der Waals surface area (Å²) in [5.41, 5.74) is 2.92. The number of H-pyrrole nitrogens is 1. The van der Waals surface area contributed by atoms with E-state index >= 15 is 0 Å². The second-order valence-corrected chi connectivity index (χ2v) is 6.83. The van der Waals surface area contributed by atoms with E-state index in [1.165, 1.54) is 10.6 Å². The fraction of sp³-hybridized carbons (Fsp3) is 0.389. The fourth-order valence-corrected chi connectivity index (χ4v) is 3.84. The van der Waals surface area contributed by atoms with Crippen LogP contribution in [0.5, 0.6) is 0 Å². The first-order valence-electron chi connectivity index (χ1n) is 8.69. The van der Waals surface area contributed by atoms with Gasteiger partial charge in [-0.3, -0.25) is 4.79 Å². The predicted octanol–water partition coefficient (Wildman–Crippen LogP) is 2.47. The van der Waals surface area contributed by atoms with Gasteiger partial charge in [-0.25, -0.2) is 13.9 Å². The highest BCUT2D eigenvalue weighted by Crippen LogP contribution is 2.37. The van der Waals surface area contributed by atoms with Crippen molar-refractivity contribution in [3.8, 4) is 0 Å². The van der Waals surface area contributed by atoms with E-state index in [4.69, 9.17) is 0 Å². The minimum Gasteiger partial charge on any atom is -0.348 e. The van der Waals surface area contributed by atoms with E-state index in [2.05, 4.69) is 15.1 Å². The van der Waals surface area contributed by atoms with Crippen LogP contribution < -0.4 is 0 Å². The van der Waals surface area contributed by atoms with Gasteiger partial charge in [-0.15, -0.1) is 0 Å². The number of carbonyl (C=O) groups excluding carboxylic acids is 1. The minimum absolute atomic E-state index is 0.108. The summed E-state index contributed by atoms with van der Waals surface area (Å²) < 4.78 is 15.6. The molecule has 6 nitrogen and oxygen atoms in total. The van der Waals surface area contributed by atoms with E-state index in [0.717, 1.165) is 37.1 Å². The van der Waals surface area contributed by atoms with Crippen molar-refractivity contribution >= 4 is 11.4 Å². The number of carbonyl (C=O) groups is 1. The molecule has 0 spiro atoms. The van der Waals surface area contributed by atoms with Gasteiger partial charge in [0.2, 0.25) is 5.91 Å². The van der Waals surface area contributed by atoms with Gasteiger partial charge in [0.25, 0.3) is 0 Å². The molecule has 5 rings (SSSR count). The Balaban J connectivity index is 1.62. The average Bonchev–Trinajstić information content (AvgIpc) is 3.19. The molecule has 4 heterocycles. The highest BCUT2D eigenvalue weighted by Gasteiger charge is 2.39. The number of aromatic nitrogens is 4. The van der Waals surface area contributed by atoms with E-state index < -0.39 is 0 Å². The first-order chi connectivity index (χ1) is 12.2. The van der Waals surface area contributed by atoms with Crippen LogP contribution >= 0.6 is 0 Å². The summed E-state index contributed by atoms with van der Waals surface area (Å²) in [6.45, 7) is 0.631. The molecule has 25 heavy (non-hydrogen) atoms. The first-order valence-corrected chi connectivity index (χ1v) is 8.69. The molecule has 1 aliphatic heterocycles. The van der Waals surface area contributed by atoms with E-state index in [-0.39, 0.29) is 23.7 Å². The second kappa shape index (κ2) is 5.40. The molecule has 128 valence electrons. The van der Waals surface area contributed by atoms with Gasteiger partial charge in [-0.05, 0) is 31.0 Å². The zero-order valence-corrected chi connectivity index (χ0v) is 13.7. The maximum absolute atomic E-state index is 14.1. The summed E-state index contributed by atoms with van der Waals surface area (Å²) in [6.07, 6.45) is 7.15. The maximum Gasteiger partial charge on any atom is 0.226 e. The number of pyridine rings is 1. The molecule has 0 saturated heterocycles. The van der Waals surface area contributed by atoms with Crippen molar-refractivity contribution in [2.24, 2.45) is 5.92 Å². The Labute approximate surface area is 143 Å². The van der Waals surface area contributed by atoms with Crippen LogP contribution in [0.2, 0.25) is 0 Å². The second-order valence-electron chi connectivity index (χ2n) is 6.83. The van der Waals surface area contributed by atoms with Crippen molar-refractivity contribution in [2.75, 3.05) is 6.54 Å². The third-order valence-corrected chi connectivity index (χ3v) is 5.41. The molecule has 1 aliphatic carbocycles. The highest BCUT2D eigenvalue weighted by atomic mass is 19.1. The average molecular weight is 339 g/mol. The number of hydrogen-bond acceptors (Lipinski definition) is 3. The monoisotopic (exact) mass is 339 g/mol. The molecule has 3 aromatic heterocycles. The van der Waals surface area contributed by atoms with Gasteiger partial charge in [-0.2, -0.15) is 5.10 Å². The first kappa shape index (κ1) is 14.6. The minimum atomic E-state index is -0.359. The fourth-order valence-electron chi connectivity index (χ4n) is 3.84. The van der Waals surface area contributed by atoms with Crippen LogP contribution in [-0.2, 0) is 11.2 Å². The Morgan fingerprint density at radius 3 is 3.00 bits per heavy atom. The molecule has 0 aromatic carbocycles. The molecule has 1 fully saturated rings. The topological polar surface area (TPSA) is 66.3 Å². The smallest absolute Gasteiger partial charge is 0.226 e. The normalized spacial score (nSPS) is 20.5. The molecule has 0 radical (unpaired) electrons. The number of hydrogen-bond donors (Lipinski definition) is 1. The van der Waals surface area contributed by atoms with E-state index in [1.54, 1.807) is 24.7 Å². The van der Waals surface area contributed by atoms with Crippen LogP contribution in [0.4, 0.5) is 4.39 Å². The Hall–Kier alpha value is -2.70. The molecule has 1 saturated carbocycles. The lowest BCUT2D eigenvalue weighted by atomic mass is 9.83. The van der Waals surface area contributed by atoms with E-state index in [1.807, 2.05) is 4.90 Å². The van der Waals surface area contributed by atoms with Crippen molar-refractivity contribution in [1.82, 2.24) is 24.5 Å². The van der Waals surface area contributed by atoms with Crippen molar-refractivity contribution in [3.05, 3.63) is 53.6 Å². The lowest BCUT2D eigenvalue weighted by Crippen LogP contribution is -2.45. The molecule has 0 unspecified atom stereocenters. The number of aromatic amines is 1. The number of fused-ring (bicyclic) bond motifs is 2. The molecule has 1 atom stereocenters. The lowest BCUT2D eigenvalue weighted by Gasteiger charge is -2.38. The van der Waals surface area contributed by atoms with Gasteiger partial charge in [0.05, 0.1) is 17.7 Å². The summed E-state index contributed by atoms with van der Waals surface area (Å²) >= 11 is 0. The van der Waals surface area contributed by atoms with Crippen LogP contribution in [-0.4, -0.2) is 36.9 Å². The zero-order valence-electron chi connectivity index (χ0n) is 13.7. The number of rotatable bonds is 2. The third kappa shape index (κ3) is 2.18. The largest absolute Gasteiger partial charge is 0.348 e. The number of nitrogens with one attached hydrogen (secondary N) is 1. The van der Waals surface area contributed by atoms with Crippen molar-refractivity contribution in [2.45, 2.75) is 31.7 Å². The van der Waals surface area contributed by atoms with Crippen molar-refractivity contribution in [3.63, 3.8) is 0 Å². The lowest BCUT2D eigenvalue weighted by molar-refractivity contribution is -0.140. The SMILES string of the molecule is O=C(C1CCC1)N1CCc2[nH]cnc2[C@H]1c1cc2c(F)cccn2n1. The summed E-state index contributed by atoms with van der Waals surface area (Å²) in [5.74, 6) is -0.0460. The molecule has 7 heteroatoms. The van der Waals surface area contributed by atoms with E-state index in [9.17, 15) is 9.18 Å². The Morgan fingerprint density at radius 1 is 1.36 bits per heavy atom. The van der Waals surface area contributed by atoms with Crippen molar-refractivity contribution in [1.29, 1.82) is 0 Å². The zero-order chi connectivity index (χ0) is 17.0. The summed E-state index contributed by atoms with van der Waals surface area (Å²) in [7, 11) is 0. The summed E-state index contributed by atoms with van der Waals surface area (Å²) in [5, 5.41) is 4.54. The molecule has 2 aliphatic rings. The summed E-state index contributed by atoms with van der Waals surface area (Å²) in [4.78, 5) is 22.5. The number of amides is 1. The van der Waals surface area contributed by atoms with Gasteiger partial charge in [0.1, 0.15) is 17.4 Å². The van der Waals surface area contributed by atoms with Gasteiger partial charge < -0.3 is 9.88 Å². The van der Waals surface area contributed by atoms with Gasteiger partial charge >= 0.3 is 0 Å². The third-order valence-electron chi connectivity index (χ3n) is 5.41. The van der Waals surface area contributed by atoms with Crippen LogP contribution in [0.1, 0.15) is 42.4 Å². The Kier molecular flexibility index (Phi) is 3.16. The standard InChI is InChI=1S/C18H18FN5O/c19-12-5-2-7-24-15(12)9-14(22-24)17-16-13(20-10-21-16)6-8-23(17)18(25)11-3-1-4-11/h2,5,7,9-11,17H,1,3-4,6,8H2,(H,20,21)/t17-/m1/s1. The van der Waals surface area contributed by atoms with Crippen LogP contribution in [0.25, 0.3) is 5.52 Å². The number of nitrogens with zero attached hydrogens (tertiary/aromatic N) is 4. The molecule has 3 aromatic rings. The molecular weight excluding hydrogens is 321 g/mol.